The van der Waals surface area contributed by atoms with Crippen LogP contribution in [0.4, 0.5) is 5.95 Å². The van der Waals surface area contributed by atoms with E-state index in [2.05, 4.69) is 36.2 Å². The van der Waals surface area contributed by atoms with Gasteiger partial charge >= 0.3 is 0 Å². The monoisotopic (exact) mass is 352 g/mol. The van der Waals surface area contributed by atoms with Crippen molar-refractivity contribution < 1.29 is 9.53 Å². The molecule has 0 fully saturated rings. The molecule has 1 aliphatic carbocycles. The Hall–Kier alpha value is -2.63. The Morgan fingerprint density at radius 2 is 2.19 bits per heavy atom. The fourth-order valence-electron chi connectivity index (χ4n) is 3.85. The second kappa shape index (κ2) is 6.27. The molecule has 4 rings (SSSR count). The van der Waals surface area contributed by atoms with E-state index in [-0.39, 0.29) is 17.2 Å². The average molecular weight is 352 g/mol. The number of rotatable bonds is 4. The van der Waals surface area contributed by atoms with E-state index in [0.717, 1.165) is 35.4 Å². The quantitative estimate of drug-likeness (QED) is 0.908. The smallest absolute Gasteiger partial charge is 0.226 e. The Bertz CT molecular complexity index is 881. The van der Waals surface area contributed by atoms with Gasteiger partial charge in [0.2, 0.25) is 5.95 Å². The first-order chi connectivity index (χ1) is 12.5. The maximum atomic E-state index is 13.0. The third-order valence-electron chi connectivity index (χ3n) is 4.92. The Balaban J connectivity index is 1.81. The van der Waals surface area contributed by atoms with Gasteiger partial charge in [-0.05, 0) is 36.0 Å². The van der Waals surface area contributed by atoms with Crippen molar-refractivity contribution in [3.05, 3.63) is 47.4 Å². The minimum atomic E-state index is -0.266. The van der Waals surface area contributed by atoms with Crippen LogP contribution in [0.15, 0.2) is 41.9 Å². The number of Topliss-reactive ketones (excluding diaryl/α,β-unsaturated/α-hetero) is 1. The van der Waals surface area contributed by atoms with Gasteiger partial charge in [-0.1, -0.05) is 32.9 Å². The third kappa shape index (κ3) is 2.89. The molecule has 6 heteroatoms. The Morgan fingerprint density at radius 3 is 3.00 bits per heavy atom. The molecule has 0 spiro atoms. The Kier molecular flexibility index (Phi) is 4.05. The van der Waals surface area contributed by atoms with Crippen molar-refractivity contribution in [1.82, 2.24) is 14.8 Å². The van der Waals surface area contributed by atoms with Gasteiger partial charge in [-0.3, -0.25) is 4.79 Å². The van der Waals surface area contributed by atoms with Crippen LogP contribution in [-0.2, 0) is 4.79 Å². The summed E-state index contributed by atoms with van der Waals surface area (Å²) in [5.41, 5.74) is 2.71. The maximum Gasteiger partial charge on any atom is 0.226 e. The van der Waals surface area contributed by atoms with Crippen molar-refractivity contribution in [3.8, 4) is 5.75 Å². The zero-order valence-corrected chi connectivity index (χ0v) is 15.5. The number of hydrogen-bond acceptors (Lipinski definition) is 5. The van der Waals surface area contributed by atoms with Crippen LogP contribution in [0.3, 0.4) is 0 Å². The van der Waals surface area contributed by atoms with E-state index < -0.39 is 0 Å². The fourth-order valence-corrected chi connectivity index (χ4v) is 3.85. The summed E-state index contributed by atoms with van der Waals surface area (Å²) >= 11 is 0. The summed E-state index contributed by atoms with van der Waals surface area (Å²) in [7, 11) is 0. The number of nitrogens with zero attached hydrogens (tertiary/aromatic N) is 3. The number of allylic oxidation sites excluding steroid dienone is 2. The summed E-state index contributed by atoms with van der Waals surface area (Å²) in [6, 6.07) is 7.68. The number of ether oxygens (including phenoxy) is 1. The number of nitrogens with one attached hydrogen (secondary N) is 1. The Labute approximate surface area is 153 Å². The molecule has 0 saturated heterocycles. The standard InChI is InChI=1S/C20H24N4O2/c1-4-8-26-14-7-5-6-13(9-14)18-17-15(10-20(2,3)11-16(17)25)23-19-21-12-22-24(18)19/h5-7,9,12,18H,4,8,10-11H2,1-3H3,(H,21,22,23). The molecule has 2 aromatic rings. The van der Waals surface area contributed by atoms with Gasteiger partial charge in [0.05, 0.1) is 6.61 Å². The van der Waals surface area contributed by atoms with Crippen LogP contribution in [0, 0.1) is 5.41 Å². The van der Waals surface area contributed by atoms with Crippen molar-refractivity contribution in [3.63, 3.8) is 0 Å². The van der Waals surface area contributed by atoms with Gasteiger partial charge in [0.15, 0.2) is 5.78 Å². The van der Waals surface area contributed by atoms with Crippen LogP contribution in [-0.4, -0.2) is 27.2 Å². The van der Waals surface area contributed by atoms with E-state index in [1.165, 1.54) is 6.33 Å². The molecule has 1 aliphatic heterocycles. The fraction of sp³-hybridized carbons (Fsp3) is 0.450. The van der Waals surface area contributed by atoms with Gasteiger partial charge in [0.25, 0.3) is 0 Å². The zero-order valence-electron chi connectivity index (χ0n) is 15.5. The highest BCUT2D eigenvalue weighted by molar-refractivity contribution is 6.00. The van der Waals surface area contributed by atoms with Gasteiger partial charge in [0.1, 0.15) is 18.1 Å². The minimum Gasteiger partial charge on any atom is -0.494 e. The number of ketones is 1. The van der Waals surface area contributed by atoms with Gasteiger partial charge in [-0.15, -0.1) is 0 Å². The molecule has 1 aromatic carbocycles. The van der Waals surface area contributed by atoms with E-state index in [0.29, 0.717) is 19.0 Å². The lowest BCUT2D eigenvalue weighted by Gasteiger charge is -2.38. The summed E-state index contributed by atoms with van der Waals surface area (Å²) in [6.07, 6.45) is 3.85. The number of aromatic nitrogens is 3. The summed E-state index contributed by atoms with van der Waals surface area (Å²) in [5, 5.41) is 7.71. The third-order valence-corrected chi connectivity index (χ3v) is 4.92. The highest BCUT2D eigenvalue weighted by atomic mass is 16.5. The average Bonchev–Trinajstić information content (AvgIpc) is 3.05. The molecular weight excluding hydrogens is 328 g/mol. The van der Waals surface area contributed by atoms with E-state index in [9.17, 15) is 4.79 Å². The molecule has 2 aliphatic rings. The molecule has 1 aromatic heterocycles. The Morgan fingerprint density at radius 1 is 1.35 bits per heavy atom. The van der Waals surface area contributed by atoms with Crippen molar-refractivity contribution >= 4 is 11.7 Å². The number of benzene rings is 1. The molecule has 0 amide bonds. The molecule has 1 unspecified atom stereocenters. The van der Waals surface area contributed by atoms with Crippen LogP contribution >= 0.6 is 0 Å². The lowest BCUT2D eigenvalue weighted by molar-refractivity contribution is -0.118. The largest absolute Gasteiger partial charge is 0.494 e. The van der Waals surface area contributed by atoms with E-state index >= 15 is 0 Å². The maximum absolute atomic E-state index is 13.0. The number of carbonyl (C=O) groups is 1. The van der Waals surface area contributed by atoms with E-state index in [4.69, 9.17) is 4.74 Å². The zero-order chi connectivity index (χ0) is 18.3. The molecule has 136 valence electrons. The van der Waals surface area contributed by atoms with Crippen LogP contribution in [0.1, 0.15) is 51.6 Å². The van der Waals surface area contributed by atoms with Crippen molar-refractivity contribution in [2.24, 2.45) is 5.41 Å². The lowest BCUT2D eigenvalue weighted by atomic mass is 9.73. The molecular formula is C20H24N4O2. The highest BCUT2D eigenvalue weighted by Gasteiger charge is 2.41. The van der Waals surface area contributed by atoms with Gasteiger partial charge in [0, 0.05) is 17.7 Å². The highest BCUT2D eigenvalue weighted by Crippen LogP contribution is 2.45. The SMILES string of the molecule is CCCOc1cccc(C2C3=C(CC(C)(C)CC3=O)Nc3ncnn32)c1. The molecule has 6 nitrogen and oxygen atoms in total. The predicted octanol–water partition coefficient (Wildman–Crippen LogP) is 3.73. The van der Waals surface area contributed by atoms with Crippen molar-refractivity contribution in [2.45, 2.75) is 46.1 Å². The summed E-state index contributed by atoms with van der Waals surface area (Å²) in [6.45, 7) is 7.01. The molecule has 2 heterocycles. The molecule has 0 radical (unpaired) electrons. The normalized spacial score (nSPS) is 21.0. The first kappa shape index (κ1) is 16.8. The van der Waals surface area contributed by atoms with Crippen molar-refractivity contribution in [1.29, 1.82) is 0 Å². The number of anilines is 1. The minimum absolute atomic E-state index is 0.0538. The first-order valence-corrected chi connectivity index (χ1v) is 9.14. The number of hydrogen-bond donors (Lipinski definition) is 1. The molecule has 0 bridgehead atoms. The van der Waals surface area contributed by atoms with E-state index in [1.807, 2.05) is 24.3 Å². The summed E-state index contributed by atoms with van der Waals surface area (Å²) in [4.78, 5) is 17.4. The number of fused-ring (bicyclic) bond motifs is 1. The van der Waals surface area contributed by atoms with Crippen LogP contribution in [0.5, 0.6) is 5.75 Å². The molecule has 0 saturated carbocycles. The predicted molar refractivity (Wildman–Crippen MR) is 99.1 cm³/mol. The van der Waals surface area contributed by atoms with Crippen LogP contribution in [0.2, 0.25) is 0 Å². The second-order valence-corrected chi connectivity index (χ2v) is 7.81. The van der Waals surface area contributed by atoms with Gasteiger partial charge in [-0.2, -0.15) is 10.1 Å². The molecule has 1 N–H and O–H groups in total. The second-order valence-electron chi connectivity index (χ2n) is 7.81. The van der Waals surface area contributed by atoms with Crippen LogP contribution < -0.4 is 10.1 Å². The van der Waals surface area contributed by atoms with Gasteiger partial charge in [-0.25, -0.2) is 4.68 Å². The van der Waals surface area contributed by atoms with Crippen molar-refractivity contribution in [2.75, 3.05) is 11.9 Å². The van der Waals surface area contributed by atoms with E-state index in [1.54, 1.807) is 4.68 Å². The van der Waals surface area contributed by atoms with Gasteiger partial charge < -0.3 is 10.1 Å². The molecule has 26 heavy (non-hydrogen) atoms. The topological polar surface area (TPSA) is 69.0 Å². The summed E-state index contributed by atoms with van der Waals surface area (Å²) < 4.78 is 7.59. The number of carbonyl (C=O) groups excluding carboxylic acids is 1. The summed E-state index contributed by atoms with van der Waals surface area (Å²) in [5.74, 6) is 1.67. The van der Waals surface area contributed by atoms with Crippen LogP contribution in [0.25, 0.3) is 0 Å². The molecule has 1 atom stereocenters. The first-order valence-electron chi connectivity index (χ1n) is 9.14. The lowest BCUT2D eigenvalue weighted by Crippen LogP contribution is -2.36.